The van der Waals surface area contributed by atoms with Gasteiger partial charge in [0.25, 0.3) is 0 Å². The number of aromatic nitrogens is 3. The van der Waals surface area contributed by atoms with Crippen LogP contribution in [0.4, 0.5) is 0 Å². The quantitative estimate of drug-likeness (QED) is 0.201. The third kappa shape index (κ3) is 4.12. The minimum Gasteiger partial charge on any atom is -0.263 e. The fourth-order valence-corrected chi connectivity index (χ4v) is 6.21. The van der Waals surface area contributed by atoms with Gasteiger partial charge in [0.15, 0.2) is 0 Å². The SMILES string of the molecule is N#Cc1cnccc1-c1cccc(-c2cc3ccc4cc(-c5cccc(-c6ccncc6C#N)n5)cc5ccc(c2)c3c45)c1. The molecule has 8 aromatic rings. The Morgan fingerprint density at radius 2 is 0.977 bits per heavy atom. The highest BCUT2D eigenvalue weighted by molar-refractivity contribution is 6.24. The number of benzene rings is 5. The molecule has 0 N–H and O–H groups in total. The zero-order valence-corrected chi connectivity index (χ0v) is 23.4. The second-order valence-corrected chi connectivity index (χ2v) is 10.8. The lowest BCUT2D eigenvalue weighted by Crippen LogP contribution is -1.92. The van der Waals surface area contributed by atoms with E-state index in [2.05, 4.69) is 82.8 Å². The molecular formula is C39H21N5. The molecule has 5 aromatic carbocycles. The molecule has 0 unspecified atom stereocenters. The maximum Gasteiger partial charge on any atom is 0.101 e. The summed E-state index contributed by atoms with van der Waals surface area (Å²) in [5.41, 5.74) is 8.55. The molecule has 0 aliphatic rings. The second-order valence-electron chi connectivity index (χ2n) is 10.8. The van der Waals surface area contributed by atoms with Crippen molar-refractivity contribution in [2.24, 2.45) is 0 Å². The van der Waals surface area contributed by atoms with Crippen LogP contribution >= 0.6 is 0 Å². The molecule has 0 aliphatic carbocycles. The fourth-order valence-electron chi connectivity index (χ4n) is 6.21. The van der Waals surface area contributed by atoms with Crippen molar-refractivity contribution < 1.29 is 0 Å². The van der Waals surface area contributed by atoms with Gasteiger partial charge in [-0.25, -0.2) is 4.98 Å². The van der Waals surface area contributed by atoms with Crippen LogP contribution in [-0.2, 0) is 0 Å². The summed E-state index contributed by atoms with van der Waals surface area (Å²) in [5, 5.41) is 26.3. The van der Waals surface area contributed by atoms with Gasteiger partial charge in [-0.3, -0.25) is 9.97 Å². The topological polar surface area (TPSA) is 86.2 Å². The van der Waals surface area contributed by atoms with Gasteiger partial charge in [0.2, 0.25) is 0 Å². The smallest absolute Gasteiger partial charge is 0.101 e. The van der Waals surface area contributed by atoms with Crippen LogP contribution in [0.2, 0.25) is 0 Å². The molecule has 0 spiro atoms. The molecule has 5 heteroatoms. The Morgan fingerprint density at radius 3 is 1.61 bits per heavy atom. The molecule has 202 valence electrons. The van der Waals surface area contributed by atoms with Crippen LogP contribution in [0.1, 0.15) is 11.1 Å². The Labute approximate surface area is 253 Å². The first-order valence-electron chi connectivity index (χ1n) is 14.2. The summed E-state index contributed by atoms with van der Waals surface area (Å²) in [6, 6.07) is 40.1. The molecule has 44 heavy (non-hydrogen) atoms. The number of hydrogen-bond acceptors (Lipinski definition) is 5. The van der Waals surface area contributed by atoms with Gasteiger partial charge in [-0.05, 0) is 104 Å². The zero-order valence-electron chi connectivity index (χ0n) is 23.4. The van der Waals surface area contributed by atoms with Crippen molar-refractivity contribution in [2.45, 2.75) is 0 Å². The number of rotatable bonds is 4. The number of nitrogens with zero attached hydrogens (tertiary/aromatic N) is 5. The summed E-state index contributed by atoms with van der Waals surface area (Å²) >= 11 is 0. The second kappa shape index (κ2) is 10.1. The normalized spacial score (nSPS) is 11.1. The van der Waals surface area contributed by atoms with Crippen LogP contribution in [0.3, 0.4) is 0 Å². The lowest BCUT2D eigenvalue weighted by atomic mass is 9.89. The highest BCUT2D eigenvalue weighted by Crippen LogP contribution is 2.40. The van der Waals surface area contributed by atoms with E-state index in [4.69, 9.17) is 4.98 Å². The third-order valence-corrected chi connectivity index (χ3v) is 8.24. The van der Waals surface area contributed by atoms with Crippen LogP contribution in [0.25, 0.3) is 77.1 Å². The maximum absolute atomic E-state index is 9.59. The molecule has 5 nitrogen and oxygen atoms in total. The van der Waals surface area contributed by atoms with E-state index in [0.717, 1.165) is 55.5 Å². The van der Waals surface area contributed by atoms with Gasteiger partial charge >= 0.3 is 0 Å². The van der Waals surface area contributed by atoms with E-state index in [1.165, 1.54) is 21.5 Å². The molecule has 8 rings (SSSR count). The van der Waals surface area contributed by atoms with Crippen molar-refractivity contribution in [1.82, 2.24) is 15.0 Å². The molecule has 0 radical (unpaired) electrons. The van der Waals surface area contributed by atoms with E-state index in [1.807, 2.05) is 42.5 Å². The molecule has 0 fully saturated rings. The van der Waals surface area contributed by atoms with E-state index in [9.17, 15) is 10.5 Å². The third-order valence-electron chi connectivity index (χ3n) is 8.24. The van der Waals surface area contributed by atoms with Gasteiger partial charge in [0.1, 0.15) is 12.1 Å². The summed E-state index contributed by atoms with van der Waals surface area (Å²) in [4.78, 5) is 13.1. The van der Waals surface area contributed by atoms with Crippen LogP contribution < -0.4 is 0 Å². The first-order valence-corrected chi connectivity index (χ1v) is 14.2. The molecule has 0 atom stereocenters. The lowest BCUT2D eigenvalue weighted by molar-refractivity contribution is 1.27. The van der Waals surface area contributed by atoms with Gasteiger partial charge in [-0.15, -0.1) is 0 Å². The maximum atomic E-state index is 9.59. The Balaban J connectivity index is 1.23. The molecule has 0 bridgehead atoms. The molecule has 3 heterocycles. The molecule has 0 aliphatic heterocycles. The summed E-state index contributed by atoms with van der Waals surface area (Å²) in [6.07, 6.45) is 6.59. The highest BCUT2D eigenvalue weighted by atomic mass is 14.7. The monoisotopic (exact) mass is 559 g/mol. The van der Waals surface area contributed by atoms with Crippen molar-refractivity contribution in [3.63, 3.8) is 0 Å². The summed E-state index contributed by atoms with van der Waals surface area (Å²) in [7, 11) is 0. The average Bonchev–Trinajstić information content (AvgIpc) is 3.10. The van der Waals surface area contributed by atoms with Crippen molar-refractivity contribution in [3.05, 3.63) is 139 Å². The van der Waals surface area contributed by atoms with Crippen LogP contribution in [0.15, 0.2) is 128 Å². The van der Waals surface area contributed by atoms with Gasteiger partial charge in [0.05, 0.1) is 22.5 Å². The molecule has 3 aromatic heterocycles. The zero-order chi connectivity index (χ0) is 29.6. The molecular weight excluding hydrogens is 538 g/mol. The van der Waals surface area contributed by atoms with E-state index in [-0.39, 0.29) is 0 Å². The minimum atomic E-state index is 0.503. The van der Waals surface area contributed by atoms with Gasteiger partial charge in [0, 0.05) is 41.5 Å². The van der Waals surface area contributed by atoms with Crippen LogP contribution in [0, 0.1) is 22.7 Å². The van der Waals surface area contributed by atoms with Crippen molar-refractivity contribution in [2.75, 3.05) is 0 Å². The molecule has 0 saturated carbocycles. The minimum absolute atomic E-state index is 0.503. The van der Waals surface area contributed by atoms with E-state index >= 15 is 0 Å². The first-order chi connectivity index (χ1) is 21.7. The van der Waals surface area contributed by atoms with E-state index < -0.39 is 0 Å². The lowest BCUT2D eigenvalue weighted by Gasteiger charge is -2.15. The van der Waals surface area contributed by atoms with Gasteiger partial charge < -0.3 is 0 Å². The summed E-state index contributed by atoms with van der Waals surface area (Å²) in [6.45, 7) is 0. The summed E-state index contributed by atoms with van der Waals surface area (Å²) < 4.78 is 0. The molecule has 0 amide bonds. The van der Waals surface area contributed by atoms with Crippen molar-refractivity contribution >= 4 is 32.3 Å². The Morgan fingerprint density at radius 1 is 0.455 bits per heavy atom. The summed E-state index contributed by atoms with van der Waals surface area (Å²) in [5.74, 6) is 0. The van der Waals surface area contributed by atoms with E-state index in [0.29, 0.717) is 11.1 Å². The van der Waals surface area contributed by atoms with Crippen molar-refractivity contribution in [1.29, 1.82) is 10.5 Å². The van der Waals surface area contributed by atoms with Gasteiger partial charge in [-0.2, -0.15) is 10.5 Å². The largest absolute Gasteiger partial charge is 0.263 e. The fraction of sp³-hybridized carbons (Fsp3) is 0. The number of hydrogen-bond donors (Lipinski definition) is 0. The highest BCUT2D eigenvalue weighted by Gasteiger charge is 2.14. The number of pyridine rings is 3. The number of nitriles is 2. The van der Waals surface area contributed by atoms with Gasteiger partial charge in [-0.1, -0.05) is 48.5 Å². The van der Waals surface area contributed by atoms with E-state index in [1.54, 1.807) is 24.8 Å². The Hall–Kier alpha value is -6.43. The molecule has 0 saturated heterocycles. The predicted octanol–water partition coefficient (Wildman–Crippen LogP) is 9.18. The first kappa shape index (κ1) is 25.3. The Bertz CT molecular complexity index is 2240. The average molecular weight is 560 g/mol. The van der Waals surface area contributed by atoms with Crippen LogP contribution in [0.5, 0.6) is 0 Å². The predicted molar refractivity (Wildman–Crippen MR) is 175 cm³/mol. The van der Waals surface area contributed by atoms with Crippen LogP contribution in [-0.4, -0.2) is 15.0 Å². The standard InChI is InChI=1S/C39H21N5/c40-20-32-22-42-13-11-34(32)25-4-1-3-24(15-25)30-16-26-7-9-28-18-31(19-29-10-8-27(17-30)38(26)39(28)29)36-5-2-6-37(44-36)35-12-14-43-23-33(35)21-41/h1-19,22-23H. The van der Waals surface area contributed by atoms with Crippen molar-refractivity contribution in [3.8, 4) is 56.9 Å². The Kier molecular flexibility index (Phi) is 5.83.